The Balaban J connectivity index is 1.72. The molecule has 0 fully saturated rings. The number of oxime groups is 1. The molecule has 0 saturated heterocycles. The molecule has 1 aromatic heterocycles. The summed E-state index contributed by atoms with van der Waals surface area (Å²) in [5.74, 6) is 0.313. The maximum atomic E-state index is 12.7. The highest BCUT2D eigenvalue weighted by Crippen LogP contribution is 2.10. The quantitative estimate of drug-likeness (QED) is 0.463. The van der Waals surface area contributed by atoms with Crippen LogP contribution in [0.2, 0.25) is 0 Å². The number of hydrogen-bond donors (Lipinski definition) is 0. The molecule has 0 saturated carbocycles. The Labute approximate surface area is 116 Å². The number of halogens is 1. The largest absolute Gasteiger partial charge is 0.490 e. The Morgan fingerprint density at radius 2 is 2.05 bits per heavy atom. The summed E-state index contributed by atoms with van der Waals surface area (Å²) in [4.78, 5) is 5.16. The zero-order valence-corrected chi connectivity index (χ0v) is 11.4. The maximum absolute atomic E-state index is 12.7. The lowest BCUT2D eigenvalue weighted by Gasteiger charge is -2.05. The van der Waals surface area contributed by atoms with Crippen molar-refractivity contribution in [1.29, 1.82) is 0 Å². The highest BCUT2D eigenvalue weighted by atomic mass is 19.1. The van der Waals surface area contributed by atoms with Crippen LogP contribution < -0.4 is 4.74 Å². The first-order valence-corrected chi connectivity index (χ1v) is 6.19. The van der Waals surface area contributed by atoms with E-state index in [1.165, 1.54) is 12.1 Å². The standard InChI is InChI=1S/C14H16FN3O2/c1-11(12-9-16-18(2)10-12)17-20-8-7-19-14-5-3-13(15)4-6-14/h3-6,9-10H,7-8H2,1-2H3/b17-11-. The van der Waals surface area contributed by atoms with E-state index < -0.39 is 0 Å². The molecule has 0 bridgehead atoms. The third-order valence-electron chi connectivity index (χ3n) is 2.58. The summed E-state index contributed by atoms with van der Waals surface area (Å²) in [6, 6.07) is 5.83. The van der Waals surface area contributed by atoms with Crippen molar-refractivity contribution in [2.24, 2.45) is 12.2 Å². The number of aryl methyl sites for hydroxylation is 1. The molecule has 5 nitrogen and oxygen atoms in total. The van der Waals surface area contributed by atoms with Gasteiger partial charge in [-0.15, -0.1) is 0 Å². The van der Waals surface area contributed by atoms with E-state index in [1.807, 2.05) is 20.2 Å². The van der Waals surface area contributed by atoms with Crippen LogP contribution in [0, 0.1) is 5.82 Å². The molecule has 20 heavy (non-hydrogen) atoms. The number of benzene rings is 1. The van der Waals surface area contributed by atoms with Crippen LogP contribution in [0.25, 0.3) is 0 Å². The van der Waals surface area contributed by atoms with Gasteiger partial charge in [-0.2, -0.15) is 5.10 Å². The molecule has 0 amide bonds. The molecular weight excluding hydrogens is 261 g/mol. The van der Waals surface area contributed by atoms with Gasteiger partial charge in [0.25, 0.3) is 0 Å². The van der Waals surface area contributed by atoms with E-state index in [9.17, 15) is 4.39 Å². The zero-order valence-electron chi connectivity index (χ0n) is 11.4. The number of aromatic nitrogens is 2. The Bertz CT molecular complexity index is 578. The molecule has 0 aliphatic rings. The predicted octanol–water partition coefficient (Wildman–Crippen LogP) is 2.38. The molecule has 0 spiro atoms. The minimum atomic E-state index is -0.287. The Morgan fingerprint density at radius 3 is 2.70 bits per heavy atom. The zero-order chi connectivity index (χ0) is 14.4. The summed E-state index contributed by atoms with van der Waals surface area (Å²) in [5.41, 5.74) is 1.66. The van der Waals surface area contributed by atoms with E-state index >= 15 is 0 Å². The van der Waals surface area contributed by atoms with Crippen LogP contribution in [-0.2, 0) is 11.9 Å². The van der Waals surface area contributed by atoms with Gasteiger partial charge in [-0.05, 0) is 31.2 Å². The second-order valence-corrected chi connectivity index (χ2v) is 4.21. The fourth-order valence-electron chi connectivity index (χ4n) is 1.53. The fraction of sp³-hybridized carbons (Fsp3) is 0.286. The van der Waals surface area contributed by atoms with Crippen molar-refractivity contribution in [2.75, 3.05) is 13.2 Å². The summed E-state index contributed by atoms with van der Waals surface area (Å²) < 4.78 is 19.8. The van der Waals surface area contributed by atoms with Crippen molar-refractivity contribution in [3.63, 3.8) is 0 Å². The van der Waals surface area contributed by atoms with Gasteiger partial charge in [0.2, 0.25) is 0 Å². The molecule has 106 valence electrons. The van der Waals surface area contributed by atoms with Crippen LogP contribution in [0.4, 0.5) is 4.39 Å². The van der Waals surface area contributed by atoms with Crippen molar-refractivity contribution in [1.82, 2.24) is 9.78 Å². The Kier molecular flexibility index (Phi) is 4.70. The van der Waals surface area contributed by atoms with E-state index in [4.69, 9.17) is 9.57 Å². The lowest BCUT2D eigenvalue weighted by molar-refractivity contribution is 0.107. The summed E-state index contributed by atoms with van der Waals surface area (Å²) in [5, 5.41) is 8.03. The first-order chi connectivity index (χ1) is 9.65. The van der Waals surface area contributed by atoms with Crippen LogP contribution in [-0.4, -0.2) is 28.7 Å². The van der Waals surface area contributed by atoms with Gasteiger partial charge >= 0.3 is 0 Å². The summed E-state index contributed by atoms with van der Waals surface area (Å²) >= 11 is 0. The van der Waals surface area contributed by atoms with E-state index in [0.29, 0.717) is 19.0 Å². The molecule has 6 heteroatoms. The molecule has 0 unspecified atom stereocenters. The summed E-state index contributed by atoms with van der Waals surface area (Å²) in [6.45, 7) is 2.50. The van der Waals surface area contributed by atoms with E-state index in [-0.39, 0.29) is 5.82 Å². The maximum Gasteiger partial charge on any atom is 0.151 e. The lowest BCUT2D eigenvalue weighted by Crippen LogP contribution is -2.05. The summed E-state index contributed by atoms with van der Waals surface area (Å²) in [7, 11) is 1.84. The van der Waals surface area contributed by atoms with E-state index in [2.05, 4.69) is 10.3 Å². The molecule has 0 radical (unpaired) electrons. The second-order valence-electron chi connectivity index (χ2n) is 4.21. The molecule has 0 N–H and O–H groups in total. The number of hydrogen-bond acceptors (Lipinski definition) is 4. The molecular formula is C14H16FN3O2. The lowest BCUT2D eigenvalue weighted by atomic mass is 10.2. The number of ether oxygens (including phenoxy) is 1. The van der Waals surface area contributed by atoms with Gasteiger partial charge in [0.05, 0.1) is 11.9 Å². The van der Waals surface area contributed by atoms with Crippen LogP contribution in [0.1, 0.15) is 12.5 Å². The predicted molar refractivity (Wildman–Crippen MR) is 73.3 cm³/mol. The topological polar surface area (TPSA) is 48.6 Å². The average Bonchev–Trinajstić information content (AvgIpc) is 2.87. The SMILES string of the molecule is C/C(=N/OCCOc1ccc(F)cc1)c1cnn(C)c1. The molecule has 2 rings (SSSR count). The van der Waals surface area contributed by atoms with Crippen molar-refractivity contribution in [3.05, 3.63) is 48.0 Å². The fourth-order valence-corrected chi connectivity index (χ4v) is 1.53. The van der Waals surface area contributed by atoms with Crippen molar-refractivity contribution in [3.8, 4) is 5.75 Å². The van der Waals surface area contributed by atoms with Gasteiger partial charge in [0, 0.05) is 18.8 Å². The number of rotatable bonds is 6. The molecule has 0 aliphatic carbocycles. The van der Waals surface area contributed by atoms with Crippen LogP contribution in [0.15, 0.2) is 41.8 Å². The smallest absolute Gasteiger partial charge is 0.151 e. The Morgan fingerprint density at radius 1 is 1.30 bits per heavy atom. The van der Waals surface area contributed by atoms with Gasteiger partial charge in [-0.1, -0.05) is 5.16 Å². The van der Waals surface area contributed by atoms with Gasteiger partial charge in [-0.25, -0.2) is 4.39 Å². The van der Waals surface area contributed by atoms with Crippen LogP contribution in [0.3, 0.4) is 0 Å². The van der Waals surface area contributed by atoms with Crippen molar-refractivity contribution in [2.45, 2.75) is 6.92 Å². The number of nitrogens with zero attached hydrogens (tertiary/aromatic N) is 3. The normalized spacial score (nSPS) is 11.4. The average molecular weight is 277 g/mol. The minimum absolute atomic E-state index is 0.287. The highest BCUT2D eigenvalue weighted by molar-refractivity contribution is 5.97. The molecule has 0 atom stereocenters. The van der Waals surface area contributed by atoms with Crippen molar-refractivity contribution >= 4 is 5.71 Å². The minimum Gasteiger partial charge on any atom is -0.490 e. The van der Waals surface area contributed by atoms with Gasteiger partial charge in [0.15, 0.2) is 6.61 Å². The van der Waals surface area contributed by atoms with E-state index in [0.717, 1.165) is 11.3 Å². The third-order valence-corrected chi connectivity index (χ3v) is 2.58. The van der Waals surface area contributed by atoms with E-state index in [1.54, 1.807) is 23.0 Å². The first kappa shape index (κ1) is 14.0. The van der Waals surface area contributed by atoms with Crippen LogP contribution in [0.5, 0.6) is 5.75 Å². The van der Waals surface area contributed by atoms with Crippen LogP contribution >= 0.6 is 0 Å². The highest BCUT2D eigenvalue weighted by Gasteiger charge is 2.00. The first-order valence-electron chi connectivity index (χ1n) is 6.19. The molecule has 2 aromatic rings. The van der Waals surface area contributed by atoms with Crippen molar-refractivity contribution < 1.29 is 14.0 Å². The molecule has 1 heterocycles. The van der Waals surface area contributed by atoms with Gasteiger partial charge in [0.1, 0.15) is 18.2 Å². The third kappa shape index (κ3) is 4.08. The second kappa shape index (κ2) is 6.70. The van der Waals surface area contributed by atoms with Gasteiger partial charge in [-0.3, -0.25) is 4.68 Å². The Hall–Kier alpha value is -2.37. The van der Waals surface area contributed by atoms with Gasteiger partial charge < -0.3 is 9.57 Å². The summed E-state index contributed by atoms with van der Waals surface area (Å²) in [6.07, 6.45) is 3.58. The monoisotopic (exact) mass is 277 g/mol. The molecule has 1 aromatic carbocycles. The molecule has 0 aliphatic heterocycles.